The molecule has 2 aromatic heterocycles. The van der Waals surface area contributed by atoms with Crippen molar-refractivity contribution in [3.63, 3.8) is 0 Å². The van der Waals surface area contributed by atoms with Gasteiger partial charge in [0, 0.05) is 18.5 Å². The average Bonchev–Trinajstić information content (AvgIpc) is 3.08. The summed E-state index contributed by atoms with van der Waals surface area (Å²) in [6.07, 6.45) is 2.29. The zero-order chi connectivity index (χ0) is 13.0. The third-order valence-electron chi connectivity index (χ3n) is 3.54. The molecular formula is C13H12N4O2. The number of imidazole rings is 1. The summed E-state index contributed by atoms with van der Waals surface area (Å²) in [5.41, 5.74) is 2.34. The highest BCUT2D eigenvalue weighted by Crippen LogP contribution is 2.38. The minimum absolute atomic E-state index is 0.128. The molecule has 6 heteroatoms. The zero-order valence-electron chi connectivity index (χ0n) is 10.4. The molecule has 1 aromatic carbocycles. The number of hydrogen-bond acceptors (Lipinski definition) is 4. The van der Waals surface area contributed by atoms with Crippen molar-refractivity contribution in [1.82, 2.24) is 19.7 Å². The molecule has 4 rings (SSSR count). The molecule has 1 saturated carbocycles. The number of hydrogen-bond donors (Lipinski definition) is 1. The molecule has 0 radical (unpaired) electrons. The average molecular weight is 256 g/mol. The Labute approximate surface area is 108 Å². The lowest BCUT2D eigenvalue weighted by Crippen LogP contribution is -2.11. The highest BCUT2D eigenvalue weighted by atomic mass is 16.5. The smallest absolute Gasteiger partial charge is 0.326 e. The van der Waals surface area contributed by atoms with Crippen LogP contribution in [0.3, 0.4) is 0 Å². The molecule has 1 aliphatic rings. The molecule has 3 aromatic rings. The second-order valence-electron chi connectivity index (χ2n) is 4.95. The molecular weight excluding hydrogens is 244 g/mol. The van der Waals surface area contributed by atoms with E-state index in [9.17, 15) is 4.79 Å². The van der Waals surface area contributed by atoms with Gasteiger partial charge in [0.15, 0.2) is 5.82 Å². The summed E-state index contributed by atoms with van der Waals surface area (Å²) in [6, 6.07) is 5.62. The third kappa shape index (κ3) is 1.60. The first-order valence-electron chi connectivity index (χ1n) is 6.25. The van der Waals surface area contributed by atoms with E-state index in [2.05, 4.69) is 15.1 Å². The minimum atomic E-state index is -0.128. The Morgan fingerprint density at radius 3 is 3.05 bits per heavy atom. The lowest BCUT2D eigenvalue weighted by atomic mass is 10.2. The second kappa shape index (κ2) is 3.57. The Bertz CT molecular complexity index is 823. The van der Waals surface area contributed by atoms with Crippen LogP contribution in [0.2, 0.25) is 0 Å². The summed E-state index contributed by atoms with van der Waals surface area (Å²) in [4.78, 5) is 18.7. The summed E-state index contributed by atoms with van der Waals surface area (Å²) >= 11 is 0. The van der Waals surface area contributed by atoms with Crippen LogP contribution in [0.4, 0.5) is 0 Å². The molecule has 6 nitrogen and oxygen atoms in total. The van der Waals surface area contributed by atoms with Crippen LogP contribution in [-0.4, -0.2) is 19.7 Å². The molecule has 0 bridgehead atoms. The molecule has 19 heavy (non-hydrogen) atoms. The second-order valence-corrected chi connectivity index (χ2v) is 4.95. The van der Waals surface area contributed by atoms with Crippen LogP contribution in [-0.2, 0) is 7.05 Å². The summed E-state index contributed by atoms with van der Waals surface area (Å²) in [7, 11) is 1.73. The van der Waals surface area contributed by atoms with Gasteiger partial charge < -0.3 is 9.51 Å². The van der Waals surface area contributed by atoms with Gasteiger partial charge in [-0.2, -0.15) is 4.98 Å². The predicted octanol–water partition coefficient (Wildman–Crippen LogP) is 1.79. The van der Waals surface area contributed by atoms with Crippen LogP contribution >= 0.6 is 0 Å². The Morgan fingerprint density at radius 1 is 1.42 bits per heavy atom. The van der Waals surface area contributed by atoms with E-state index in [1.807, 2.05) is 18.2 Å². The van der Waals surface area contributed by atoms with Gasteiger partial charge in [0.05, 0.1) is 11.0 Å². The van der Waals surface area contributed by atoms with Gasteiger partial charge in [-0.25, -0.2) is 4.79 Å². The Hall–Kier alpha value is -2.37. The van der Waals surface area contributed by atoms with E-state index in [-0.39, 0.29) is 5.69 Å². The van der Waals surface area contributed by atoms with E-state index >= 15 is 0 Å². The number of rotatable bonds is 2. The molecule has 1 N–H and O–H groups in total. The molecule has 96 valence electrons. The van der Waals surface area contributed by atoms with Crippen molar-refractivity contribution >= 4 is 11.0 Å². The fraction of sp³-hybridized carbons (Fsp3) is 0.308. The van der Waals surface area contributed by atoms with E-state index in [0.717, 1.165) is 35.3 Å². The molecule has 0 unspecified atom stereocenters. The van der Waals surface area contributed by atoms with E-state index in [1.54, 1.807) is 11.6 Å². The fourth-order valence-electron chi connectivity index (χ4n) is 2.22. The maximum Gasteiger partial charge on any atom is 0.326 e. The SMILES string of the molecule is Cn1c(=O)[nH]c2ccc(-c3nc(C4CC4)no3)cc21. The van der Waals surface area contributed by atoms with Crippen LogP contribution in [0.5, 0.6) is 0 Å². The van der Waals surface area contributed by atoms with Crippen LogP contribution < -0.4 is 5.69 Å². The highest BCUT2D eigenvalue weighted by molar-refractivity contribution is 5.80. The lowest BCUT2D eigenvalue weighted by Gasteiger charge is -1.96. The van der Waals surface area contributed by atoms with Crippen LogP contribution in [0.25, 0.3) is 22.5 Å². The Kier molecular flexibility index (Phi) is 1.98. The van der Waals surface area contributed by atoms with E-state index < -0.39 is 0 Å². The number of aromatic amines is 1. The normalized spacial score (nSPS) is 15.2. The number of H-pyrrole nitrogens is 1. The maximum absolute atomic E-state index is 11.5. The van der Waals surface area contributed by atoms with Gasteiger partial charge in [0.25, 0.3) is 5.89 Å². The monoisotopic (exact) mass is 256 g/mol. The van der Waals surface area contributed by atoms with Crippen molar-refractivity contribution in [2.45, 2.75) is 18.8 Å². The number of nitrogens with one attached hydrogen (secondary N) is 1. The first-order valence-corrected chi connectivity index (χ1v) is 6.25. The number of fused-ring (bicyclic) bond motifs is 1. The first kappa shape index (κ1) is 10.5. The number of nitrogens with zero attached hydrogens (tertiary/aromatic N) is 3. The Morgan fingerprint density at radius 2 is 2.26 bits per heavy atom. The van der Waals surface area contributed by atoms with Crippen molar-refractivity contribution in [3.8, 4) is 11.5 Å². The lowest BCUT2D eigenvalue weighted by molar-refractivity contribution is 0.423. The van der Waals surface area contributed by atoms with Crippen molar-refractivity contribution in [1.29, 1.82) is 0 Å². The Balaban J connectivity index is 1.84. The molecule has 0 atom stereocenters. The van der Waals surface area contributed by atoms with Crippen molar-refractivity contribution in [2.75, 3.05) is 0 Å². The molecule has 0 amide bonds. The largest absolute Gasteiger partial charge is 0.334 e. The predicted molar refractivity (Wildman–Crippen MR) is 68.8 cm³/mol. The number of aromatic nitrogens is 4. The zero-order valence-corrected chi connectivity index (χ0v) is 10.4. The van der Waals surface area contributed by atoms with E-state index in [0.29, 0.717) is 11.8 Å². The fourth-order valence-corrected chi connectivity index (χ4v) is 2.22. The molecule has 2 heterocycles. The first-order chi connectivity index (χ1) is 9.22. The van der Waals surface area contributed by atoms with Gasteiger partial charge in [-0.15, -0.1) is 0 Å². The number of benzene rings is 1. The van der Waals surface area contributed by atoms with Gasteiger partial charge in [0.2, 0.25) is 0 Å². The standard InChI is InChI=1S/C13H12N4O2/c1-17-10-6-8(4-5-9(10)14-13(17)18)12-15-11(16-19-12)7-2-3-7/h4-7H,2-3H2,1H3,(H,14,18). The molecule has 0 spiro atoms. The topological polar surface area (TPSA) is 76.7 Å². The van der Waals surface area contributed by atoms with Crippen LogP contribution in [0.15, 0.2) is 27.5 Å². The van der Waals surface area contributed by atoms with E-state index in [1.165, 1.54) is 0 Å². The van der Waals surface area contributed by atoms with Gasteiger partial charge in [0.1, 0.15) is 0 Å². The summed E-state index contributed by atoms with van der Waals surface area (Å²) < 4.78 is 6.86. The summed E-state index contributed by atoms with van der Waals surface area (Å²) in [5.74, 6) is 1.77. The van der Waals surface area contributed by atoms with Gasteiger partial charge >= 0.3 is 5.69 Å². The molecule has 1 fully saturated rings. The van der Waals surface area contributed by atoms with Crippen molar-refractivity contribution < 1.29 is 4.52 Å². The quantitative estimate of drug-likeness (QED) is 0.758. The van der Waals surface area contributed by atoms with E-state index in [4.69, 9.17) is 4.52 Å². The summed E-state index contributed by atoms with van der Waals surface area (Å²) in [5, 5.41) is 4.00. The maximum atomic E-state index is 11.5. The summed E-state index contributed by atoms with van der Waals surface area (Å²) in [6.45, 7) is 0. The van der Waals surface area contributed by atoms with Crippen LogP contribution in [0, 0.1) is 0 Å². The molecule has 0 saturated heterocycles. The highest BCUT2D eigenvalue weighted by Gasteiger charge is 2.29. The van der Waals surface area contributed by atoms with Crippen molar-refractivity contribution in [3.05, 3.63) is 34.5 Å². The molecule has 0 aliphatic heterocycles. The molecule has 1 aliphatic carbocycles. The minimum Gasteiger partial charge on any atom is -0.334 e. The van der Waals surface area contributed by atoms with Gasteiger partial charge in [-0.3, -0.25) is 4.57 Å². The van der Waals surface area contributed by atoms with Crippen molar-refractivity contribution in [2.24, 2.45) is 7.05 Å². The number of aryl methyl sites for hydroxylation is 1. The van der Waals surface area contributed by atoms with Gasteiger partial charge in [-0.1, -0.05) is 5.16 Å². The third-order valence-corrected chi connectivity index (χ3v) is 3.54. The van der Waals surface area contributed by atoms with Crippen LogP contribution in [0.1, 0.15) is 24.6 Å². The van der Waals surface area contributed by atoms with Gasteiger partial charge in [-0.05, 0) is 31.0 Å².